The number of aliphatic hydroxyl groups excluding tert-OH is 1. The maximum atomic E-state index is 13.2. The molecule has 6 rings (SSSR count). The van der Waals surface area contributed by atoms with E-state index in [1.165, 1.54) is 12.1 Å². The largest absolute Gasteiger partial charge is 0.506 e. The smallest absolute Gasteiger partial charge is 0.314 e. The standard InChI is InChI=1S/C39H39N3O7/c43-33-16-14-31(32-15-17-35(45)41-36(32)33)34(44)23-40-22-26-6-8-27(9-7-26)24-49-25-28-10-12-29(13-11-28)37(46)42-20-18-39(19-21-42,38(47)48)30-4-2-1-3-5-30/h1-17,34,40,43-44H,18-25H2,(H,41,45)(H,47,48). The van der Waals surface area contributed by atoms with Crippen molar-refractivity contribution in [3.8, 4) is 5.75 Å². The van der Waals surface area contributed by atoms with Gasteiger partial charge in [-0.25, -0.2) is 0 Å². The van der Waals surface area contributed by atoms with Crippen LogP contribution in [0.25, 0.3) is 10.9 Å². The number of pyridine rings is 1. The number of H-pyrrole nitrogens is 1. The van der Waals surface area contributed by atoms with E-state index in [9.17, 15) is 29.7 Å². The number of amides is 1. The number of rotatable bonds is 12. The summed E-state index contributed by atoms with van der Waals surface area (Å²) in [5.41, 5.74) is 3.95. The number of hydrogen-bond donors (Lipinski definition) is 5. The van der Waals surface area contributed by atoms with Crippen LogP contribution < -0.4 is 10.9 Å². The predicted molar refractivity (Wildman–Crippen MR) is 185 cm³/mol. The van der Waals surface area contributed by atoms with Crippen molar-refractivity contribution in [2.75, 3.05) is 19.6 Å². The normalized spacial score (nSPS) is 14.8. The number of nitrogens with one attached hydrogen (secondary N) is 2. The zero-order chi connectivity index (χ0) is 34.4. The maximum Gasteiger partial charge on any atom is 0.314 e. The fourth-order valence-electron chi connectivity index (χ4n) is 6.45. The van der Waals surface area contributed by atoms with Crippen LogP contribution in [0.1, 0.15) is 57.1 Å². The Bertz CT molecular complexity index is 1970. The fourth-order valence-corrected chi connectivity index (χ4v) is 6.45. The summed E-state index contributed by atoms with van der Waals surface area (Å²) in [6.45, 7) is 2.39. The molecule has 1 aromatic heterocycles. The quantitative estimate of drug-likeness (QED) is 0.125. The van der Waals surface area contributed by atoms with Gasteiger partial charge in [-0.05, 0) is 64.9 Å². The molecule has 1 unspecified atom stereocenters. The highest BCUT2D eigenvalue weighted by atomic mass is 16.5. The van der Waals surface area contributed by atoms with Crippen LogP contribution in [0.2, 0.25) is 0 Å². The number of aromatic amines is 1. The van der Waals surface area contributed by atoms with Crippen molar-refractivity contribution >= 4 is 22.8 Å². The zero-order valence-corrected chi connectivity index (χ0v) is 27.0. The van der Waals surface area contributed by atoms with Crippen LogP contribution in [0.15, 0.2) is 108 Å². The number of fused-ring (bicyclic) bond motifs is 1. The number of phenols is 1. The number of hydrogen-bond acceptors (Lipinski definition) is 7. The van der Waals surface area contributed by atoms with Gasteiger partial charge in [-0.3, -0.25) is 14.4 Å². The topological polar surface area (TPSA) is 152 Å². The van der Waals surface area contributed by atoms with Gasteiger partial charge in [-0.15, -0.1) is 0 Å². The zero-order valence-electron chi connectivity index (χ0n) is 27.0. The lowest BCUT2D eigenvalue weighted by atomic mass is 9.73. The summed E-state index contributed by atoms with van der Waals surface area (Å²) >= 11 is 0. The number of carbonyl (C=O) groups is 2. The molecule has 1 amide bonds. The molecule has 10 heteroatoms. The molecule has 1 atom stereocenters. The van der Waals surface area contributed by atoms with Crippen LogP contribution in [0, 0.1) is 0 Å². The Balaban J connectivity index is 0.940. The summed E-state index contributed by atoms with van der Waals surface area (Å²) in [4.78, 5) is 41.5. The first-order valence-electron chi connectivity index (χ1n) is 16.3. The number of ether oxygens (including phenoxy) is 1. The SMILES string of the molecule is O=C(c1ccc(COCc2ccc(CNCC(O)c3ccc(O)c4[nH]c(=O)ccc34)cc2)cc1)N1CCC(C(=O)O)(c2ccccc2)CC1. The van der Waals surface area contributed by atoms with Crippen LogP contribution >= 0.6 is 0 Å². The molecule has 1 fully saturated rings. The highest BCUT2D eigenvalue weighted by molar-refractivity contribution is 5.94. The van der Waals surface area contributed by atoms with Crippen molar-refractivity contribution < 1.29 is 29.6 Å². The van der Waals surface area contributed by atoms with Gasteiger partial charge in [-0.2, -0.15) is 0 Å². The second-order valence-electron chi connectivity index (χ2n) is 12.5. The summed E-state index contributed by atoms with van der Waals surface area (Å²) in [5, 5.41) is 34.8. The van der Waals surface area contributed by atoms with E-state index in [0.717, 1.165) is 22.3 Å². The number of nitrogens with zero attached hydrogens (tertiary/aromatic N) is 1. The number of carboxylic acid groups (broad SMARTS) is 1. The molecular weight excluding hydrogens is 622 g/mol. The number of aliphatic hydroxyl groups is 1. The monoisotopic (exact) mass is 661 g/mol. The number of carbonyl (C=O) groups excluding carboxylic acids is 1. The average Bonchev–Trinajstić information content (AvgIpc) is 3.13. The Labute approximate surface area is 283 Å². The molecule has 49 heavy (non-hydrogen) atoms. The Hall–Kier alpha value is -5.29. The van der Waals surface area contributed by atoms with Gasteiger partial charge in [0.05, 0.1) is 30.2 Å². The maximum absolute atomic E-state index is 13.2. The molecule has 10 nitrogen and oxygen atoms in total. The number of benzene rings is 4. The molecule has 5 aromatic rings. The van der Waals surface area contributed by atoms with E-state index >= 15 is 0 Å². The molecule has 0 radical (unpaired) electrons. The van der Waals surface area contributed by atoms with Crippen LogP contribution in [0.5, 0.6) is 5.75 Å². The summed E-state index contributed by atoms with van der Waals surface area (Å²) in [6.07, 6.45) is -0.0973. The first kappa shape index (κ1) is 33.6. The predicted octanol–water partition coefficient (Wildman–Crippen LogP) is 5.03. The number of aromatic nitrogens is 1. The first-order chi connectivity index (χ1) is 23.7. The van der Waals surface area contributed by atoms with Crippen molar-refractivity contribution in [2.24, 2.45) is 0 Å². The van der Waals surface area contributed by atoms with E-state index in [-0.39, 0.29) is 23.8 Å². The van der Waals surface area contributed by atoms with Gasteiger partial charge in [0.1, 0.15) is 5.75 Å². The number of phenolic OH excluding ortho intramolecular Hbond substituents is 1. The van der Waals surface area contributed by atoms with Gasteiger partial charge in [0.25, 0.3) is 5.91 Å². The Morgan fingerprint density at radius 2 is 1.47 bits per heavy atom. The van der Waals surface area contributed by atoms with Crippen molar-refractivity contribution in [3.05, 3.63) is 147 Å². The number of aromatic hydroxyl groups is 1. The Morgan fingerprint density at radius 1 is 0.837 bits per heavy atom. The van der Waals surface area contributed by atoms with Crippen molar-refractivity contribution in [3.63, 3.8) is 0 Å². The molecule has 1 aliphatic rings. The average molecular weight is 662 g/mol. The van der Waals surface area contributed by atoms with Crippen LogP contribution in [0.3, 0.4) is 0 Å². The minimum atomic E-state index is -0.976. The first-order valence-corrected chi connectivity index (χ1v) is 16.3. The molecule has 0 bridgehead atoms. The number of likely N-dealkylation sites (tertiary alicyclic amines) is 1. The van der Waals surface area contributed by atoms with Crippen LogP contribution in [-0.2, 0) is 34.7 Å². The summed E-state index contributed by atoms with van der Waals surface area (Å²) in [5.74, 6) is -0.997. The lowest BCUT2D eigenvalue weighted by Gasteiger charge is -2.39. The third-order valence-electron chi connectivity index (χ3n) is 9.33. The van der Waals surface area contributed by atoms with E-state index < -0.39 is 17.5 Å². The molecule has 4 aromatic carbocycles. The van der Waals surface area contributed by atoms with E-state index in [4.69, 9.17) is 4.74 Å². The lowest BCUT2D eigenvalue weighted by molar-refractivity contribution is -0.145. The molecule has 0 saturated carbocycles. The highest BCUT2D eigenvalue weighted by Gasteiger charge is 2.43. The fraction of sp³-hybridized carbons (Fsp3) is 0.256. The van der Waals surface area contributed by atoms with Gasteiger partial charge in [0, 0.05) is 43.2 Å². The van der Waals surface area contributed by atoms with E-state index in [1.54, 1.807) is 29.2 Å². The molecule has 1 aliphatic heterocycles. The van der Waals surface area contributed by atoms with Crippen LogP contribution in [-0.4, -0.2) is 56.7 Å². The van der Waals surface area contributed by atoms with Crippen molar-refractivity contribution in [1.29, 1.82) is 0 Å². The van der Waals surface area contributed by atoms with Gasteiger partial charge < -0.3 is 35.3 Å². The number of aliphatic carboxylic acids is 1. The number of piperidine rings is 1. The second-order valence-corrected chi connectivity index (χ2v) is 12.5. The van der Waals surface area contributed by atoms with Gasteiger partial charge in [0.2, 0.25) is 5.56 Å². The van der Waals surface area contributed by atoms with E-state index in [0.29, 0.717) is 67.7 Å². The third kappa shape index (κ3) is 7.57. The number of carboxylic acids is 1. The lowest BCUT2D eigenvalue weighted by Crippen LogP contribution is -2.49. The summed E-state index contributed by atoms with van der Waals surface area (Å²) < 4.78 is 5.92. The second kappa shape index (κ2) is 14.9. The minimum absolute atomic E-state index is 0.0455. The van der Waals surface area contributed by atoms with E-state index in [1.807, 2.05) is 66.7 Å². The molecular formula is C39H39N3O7. The van der Waals surface area contributed by atoms with Crippen LogP contribution in [0.4, 0.5) is 0 Å². The summed E-state index contributed by atoms with van der Waals surface area (Å²) in [6, 6.07) is 30.7. The minimum Gasteiger partial charge on any atom is -0.506 e. The Morgan fingerprint density at radius 3 is 2.12 bits per heavy atom. The van der Waals surface area contributed by atoms with E-state index in [2.05, 4.69) is 10.3 Å². The molecule has 0 spiro atoms. The van der Waals surface area contributed by atoms with Gasteiger partial charge >= 0.3 is 5.97 Å². The highest BCUT2D eigenvalue weighted by Crippen LogP contribution is 2.36. The Kier molecular flexibility index (Phi) is 10.2. The van der Waals surface area contributed by atoms with Gasteiger partial charge in [-0.1, -0.05) is 72.8 Å². The van der Waals surface area contributed by atoms with Crippen molar-refractivity contribution in [1.82, 2.24) is 15.2 Å². The summed E-state index contributed by atoms with van der Waals surface area (Å²) in [7, 11) is 0. The third-order valence-corrected chi connectivity index (χ3v) is 9.33. The van der Waals surface area contributed by atoms with Crippen molar-refractivity contribution in [2.45, 2.75) is 44.1 Å². The molecule has 252 valence electrons. The van der Waals surface area contributed by atoms with Gasteiger partial charge in [0.15, 0.2) is 0 Å². The molecule has 0 aliphatic carbocycles. The molecule has 1 saturated heterocycles. The molecule has 5 N–H and O–H groups in total. The molecule has 2 heterocycles.